The maximum absolute atomic E-state index is 11.9. The monoisotopic (exact) mass is 334 g/mol. The van der Waals surface area contributed by atoms with E-state index in [1.807, 2.05) is 30.5 Å². The zero-order valence-corrected chi connectivity index (χ0v) is 14.2. The SMILES string of the molecule is COCC(O)CCNC(=O)Cc1csc(-c2cccc(C)c2)n1. The molecule has 2 rings (SSSR count). The van der Waals surface area contributed by atoms with Crippen LogP contribution in [0, 0.1) is 6.92 Å². The van der Waals surface area contributed by atoms with E-state index in [9.17, 15) is 9.90 Å². The second-order valence-corrected chi connectivity index (χ2v) is 6.30. The molecule has 0 aliphatic carbocycles. The standard InChI is InChI=1S/C17H22N2O3S/c1-12-4-3-5-13(8-12)17-19-14(11-23-17)9-16(21)18-7-6-15(20)10-22-2/h3-5,8,11,15,20H,6-7,9-10H2,1-2H3,(H,18,21). The summed E-state index contributed by atoms with van der Waals surface area (Å²) in [4.78, 5) is 16.4. The number of carbonyl (C=O) groups is 1. The van der Waals surface area contributed by atoms with E-state index in [2.05, 4.69) is 16.4 Å². The first-order chi connectivity index (χ1) is 11.1. The molecule has 2 N–H and O–H groups in total. The molecule has 1 heterocycles. The Hall–Kier alpha value is -1.76. The number of ether oxygens (including phenoxy) is 1. The van der Waals surface area contributed by atoms with Crippen molar-refractivity contribution >= 4 is 17.2 Å². The normalized spacial score (nSPS) is 12.1. The summed E-state index contributed by atoms with van der Waals surface area (Å²) in [5.74, 6) is -0.0873. The van der Waals surface area contributed by atoms with Gasteiger partial charge in [0.2, 0.25) is 5.91 Å². The molecule has 5 nitrogen and oxygen atoms in total. The number of aryl methyl sites for hydroxylation is 1. The van der Waals surface area contributed by atoms with Gasteiger partial charge in [0.15, 0.2) is 0 Å². The van der Waals surface area contributed by atoms with Crippen LogP contribution in [0.3, 0.4) is 0 Å². The first kappa shape index (κ1) is 17.6. The van der Waals surface area contributed by atoms with E-state index >= 15 is 0 Å². The highest BCUT2D eigenvalue weighted by molar-refractivity contribution is 7.13. The molecular formula is C17H22N2O3S. The van der Waals surface area contributed by atoms with Crippen LogP contribution in [-0.2, 0) is 16.0 Å². The summed E-state index contributed by atoms with van der Waals surface area (Å²) >= 11 is 1.54. The Labute approximate surface area is 140 Å². The molecule has 0 bridgehead atoms. The predicted octanol–water partition coefficient (Wildman–Crippen LogP) is 2.17. The van der Waals surface area contributed by atoms with Gasteiger partial charge in [-0.2, -0.15) is 0 Å². The Morgan fingerprint density at radius 2 is 2.30 bits per heavy atom. The Morgan fingerprint density at radius 1 is 1.48 bits per heavy atom. The number of methoxy groups -OCH3 is 1. The fourth-order valence-electron chi connectivity index (χ4n) is 2.18. The number of rotatable bonds is 8. The number of nitrogens with zero attached hydrogens (tertiary/aromatic N) is 1. The van der Waals surface area contributed by atoms with Gasteiger partial charge in [-0.3, -0.25) is 4.79 Å². The highest BCUT2D eigenvalue weighted by Gasteiger charge is 2.10. The van der Waals surface area contributed by atoms with Gasteiger partial charge in [-0.15, -0.1) is 11.3 Å². The smallest absolute Gasteiger partial charge is 0.226 e. The molecule has 1 aromatic heterocycles. The van der Waals surface area contributed by atoms with Crippen molar-refractivity contribution < 1.29 is 14.6 Å². The number of hydrogen-bond acceptors (Lipinski definition) is 5. The molecule has 6 heteroatoms. The number of thiazole rings is 1. The van der Waals surface area contributed by atoms with Crippen molar-refractivity contribution in [1.82, 2.24) is 10.3 Å². The van der Waals surface area contributed by atoms with E-state index < -0.39 is 6.10 Å². The minimum atomic E-state index is -0.549. The highest BCUT2D eigenvalue weighted by Crippen LogP contribution is 2.24. The third kappa shape index (κ3) is 5.74. The largest absolute Gasteiger partial charge is 0.391 e. The van der Waals surface area contributed by atoms with Gasteiger partial charge < -0.3 is 15.2 Å². The lowest BCUT2D eigenvalue weighted by Gasteiger charge is -2.09. The molecule has 23 heavy (non-hydrogen) atoms. The summed E-state index contributed by atoms with van der Waals surface area (Å²) in [7, 11) is 1.54. The zero-order valence-electron chi connectivity index (χ0n) is 13.4. The van der Waals surface area contributed by atoms with Gasteiger partial charge >= 0.3 is 0 Å². The third-order valence-electron chi connectivity index (χ3n) is 3.32. The van der Waals surface area contributed by atoms with Crippen LogP contribution in [0.1, 0.15) is 17.7 Å². The minimum Gasteiger partial charge on any atom is -0.391 e. The lowest BCUT2D eigenvalue weighted by Crippen LogP contribution is -2.29. The molecule has 2 aromatic rings. The van der Waals surface area contributed by atoms with Gasteiger partial charge in [0.25, 0.3) is 0 Å². The van der Waals surface area contributed by atoms with Crippen LogP contribution in [0.5, 0.6) is 0 Å². The van der Waals surface area contributed by atoms with E-state index in [1.54, 1.807) is 11.3 Å². The molecule has 1 amide bonds. The van der Waals surface area contributed by atoms with E-state index in [0.29, 0.717) is 13.0 Å². The number of amides is 1. The molecule has 0 aliphatic rings. The minimum absolute atomic E-state index is 0.0873. The van der Waals surface area contributed by atoms with Gasteiger partial charge in [-0.25, -0.2) is 4.98 Å². The number of carbonyl (C=O) groups excluding carboxylic acids is 1. The van der Waals surface area contributed by atoms with Gasteiger partial charge in [0.05, 0.1) is 24.8 Å². The van der Waals surface area contributed by atoms with Crippen LogP contribution in [-0.4, -0.2) is 42.4 Å². The van der Waals surface area contributed by atoms with Crippen molar-refractivity contribution in [3.8, 4) is 10.6 Å². The first-order valence-electron chi connectivity index (χ1n) is 7.53. The number of aliphatic hydroxyl groups is 1. The van der Waals surface area contributed by atoms with Crippen molar-refractivity contribution in [1.29, 1.82) is 0 Å². The van der Waals surface area contributed by atoms with E-state index in [1.165, 1.54) is 12.7 Å². The molecule has 1 unspecified atom stereocenters. The van der Waals surface area contributed by atoms with E-state index in [-0.39, 0.29) is 18.9 Å². The average molecular weight is 334 g/mol. The second-order valence-electron chi connectivity index (χ2n) is 5.44. The summed E-state index contributed by atoms with van der Waals surface area (Å²) in [6, 6.07) is 8.15. The van der Waals surface area contributed by atoms with Crippen LogP contribution in [0.2, 0.25) is 0 Å². The molecule has 0 saturated carbocycles. The zero-order chi connectivity index (χ0) is 16.7. The van der Waals surface area contributed by atoms with Crippen molar-refractivity contribution in [2.24, 2.45) is 0 Å². The number of aromatic nitrogens is 1. The highest BCUT2D eigenvalue weighted by atomic mass is 32.1. The lowest BCUT2D eigenvalue weighted by molar-refractivity contribution is -0.120. The van der Waals surface area contributed by atoms with Crippen LogP contribution >= 0.6 is 11.3 Å². The Kier molecular flexibility index (Phi) is 6.70. The molecule has 0 aliphatic heterocycles. The third-order valence-corrected chi connectivity index (χ3v) is 4.26. The summed E-state index contributed by atoms with van der Waals surface area (Å²) in [5.41, 5.74) is 3.03. The van der Waals surface area contributed by atoms with E-state index in [4.69, 9.17) is 4.74 Å². The Bertz CT molecular complexity index is 642. The Morgan fingerprint density at radius 3 is 3.04 bits per heavy atom. The van der Waals surface area contributed by atoms with Crippen LogP contribution < -0.4 is 5.32 Å². The van der Waals surface area contributed by atoms with E-state index in [0.717, 1.165) is 16.3 Å². The topological polar surface area (TPSA) is 71.5 Å². The fraction of sp³-hybridized carbons (Fsp3) is 0.412. The number of hydrogen-bond donors (Lipinski definition) is 2. The van der Waals surface area contributed by atoms with Crippen LogP contribution in [0.15, 0.2) is 29.6 Å². The second kappa shape index (κ2) is 8.76. The molecule has 0 radical (unpaired) electrons. The van der Waals surface area contributed by atoms with Crippen molar-refractivity contribution in [3.05, 3.63) is 40.9 Å². The van der Waals surface area contributed by atoms with Crippen molar-refractivity contribution in [2.45, 2.75) is 25.9 Å². The number of nitrogens with one attached hydrogen (secondary N) is 1. The average Bonchev–Trinajstić information content (AvgIpc) is 2.96. The number of aliphatic hydroxyl groups excluding tert-OH is 1. The molecule has 1 aromatic carbocycles. The molecule has 1 atom stereocenters. The van der Waals surface area contributed by atoms with Crippen LogP contribution in [0.25, 0.3) is 10.6 Å². The number of benzene rings is 1. The molecule has 124 valence electrons. The van der Waals surface area contributed by atoms with Crippen molar-refractivity contribution in [3.63, 3.8) is 0 Å². The van der Waals surface area contributed by atoms with Crippen LogP contribution in [0.4, 0.5) is 0 Å². The van der Waals surface area contributed by atoms with Gasteiger partial charge in [-0.05, 0) is 19.4 Å². The fourth-order valence-corrected chi connectivity index (χ4v) is 3.00. The molecule has 0 saturated heterocycles. The summed E-state index contributed by atoms with van der Waals surface area (Å²) in [5, 5.41) is 15.1. The first-order valence-corrected chi connectivity index (χ1v) is 8.41. The van der Waals surface area contributed by atoms with Crippen molar-refractivity contribution in [2.75, 3.05) is 20.3 Å². The summed E-state index contributed by atoms with van der Waals surface area (Å²) in [6.07, 6.45) is 0.181. The molecular weight excluding hydrogens is 312 g/mol. The molecule has 0 spiro atoms. The Balaban J connectivity index is 1.83. The summed E-state index contributed by atoms with van der Waals surface area (Å²) in [6.45, 7) is 2.75. The summed E-state index contributed by atoms with van der Waals surface area (Å²) < 4.78 is 4.84. The molecule has 0 fully saturated rings. The van der Waals surface area contributed by atoms with Gasteiger partial charge in [0.1, 0.15) is 5.01 Å². The lowest BCUT2D eigenvalue weighted by atomic mass is 10.1. The maximum Gasteiger partial charge on any atom is 0.226 e. The van der Waals surface area contributed by atoms with Gasteiger partial charge in [-0.1, -0.05) is 23.8 Å². The predicted molar refractivity (Wildman–Crippen MR) is 91.5 cm³/mol. The maximum atomic E-state index is 11.9. The quantitative estimate of drug-likeness (QED) is 0.776. The van der Waals surface area contributed by atoms with Gasteiger partial charge in [0, 0.05) is 24.6 Å².